The molecule has 0 aliphatic heterocycles. The lowest BCUT2D eigenvalue weighted by atomic mass is 9.50. The van der Waals surface area contributed by atoms with Crippen molar-refractivity contribution in [2.45, 2.75) is 121 Å². The van der Waals surface area contributed by atoms with Gasteiger partial charge in [-0.1, -0.05) is 60.7 Å². The number of carbonyl (C=O) groups excluding carboxylic acids is 3. The molecule has 8 saturated carbocycles. The molecule has 8 fully saturated rings. The van der Waals surface area contributed by atoms with E-state index in [1.807, 2.05) is 18.2 Å². The maximum Gasteiger partial charge on any atom is 0.344 e. The monoisotopic (exact) mass is 772 g/mol. The molecule has 0 amide bonds. The van der Waals surface area contributed by atoms with E-state index in [-0.39, 0.29) is 6.42 Å². The van der Waals surface area contributed by atoms with E-state index in [0.717, 1.165) is 87.0 Å². The van der Waals surface area contributed by atoms with Crippen LogP contribution >= 0.6 is 0 Å². The zero-order valence-electron chi connectivity index (χ0n) is 34.3. The lowest BCUT2D eigenvalue weighted by Crippen LogP contribution is -2.58. The van der Waals surface area contributed by atoms with Gasteiger partial charge in [0.25, 0.3) is 0 Å². The fraction of sp³-hybridized carbons (Fsp3) is 0.580. The maximum atomic E-state index is 14.3. The second-order valence-corrected chi connectivity index (χ2v) is 19.3. The van der Waals surface area contributed by atoms with Gasteiger partial charge in [-0.05, 0) is 179 Å². The van der Waals surface area contributed by atoms with Gasteiger partial charge in [0, 0.05) is 5.56 Å². The fourth-order valence-electron chi connectivity index (χ4n) is 13.2. The number of hydrogen-bond acceptors (Lipinski definition) is 7. The second kappa shape index (κ2) is 15.2. The Hall–Kier alpha value is -4.13. The van der Waals surface area contributed by atoms with Crippen molar-refractivity contribution in [1.82, 2.24) is 0 Å². The minimum absolute atomic E-state index is 0.198. The summed E-state index contributed by atoms with van der Waals surface area (Å²) in [5.41, 5.74) is 5.41. The Kier molecular flexibility index (Phi) is 10.3. The van der Waals surface area contributed by atoms with E-state index in [0.29, 0.717) is 41.4 Å². The highest BCUT2D eigenvalue weighted by Crippen LogP contribution is 2.61. The van der Waals surface area contributed by atoms with Crippen molar-refractivity contribution in [3.05, 3.63) is 89.0 Å². The number of hydrogen-bond donors (Lipinski definition) is 0. The summed E-state index contributed by atoms with van der Waals surface area (Å²) in [6, 6.07) is 22.8. The van der Waals surface area contributed by atoms with Crippen LogP contribution in [0.5, 0.6) is 5.75 Å². The Bertz CT molecular complexity index is 1960. The molecule has 0 N–H and O–H groups in total. The summed E-state index contributed by atoms with van der Waals surface area (Å²) in [7, 11) is 1.58. The first-order chi connectivity index (χ1) is 27.5. The quantitative estimate of drug-likeness (QED) is 0.126. The first-order valence-corrected chi connectivity index (χ1v) is 21.9. The first kappa shape index (κ1) is 38.4. The number of ether oxygens (including phenoxy) is 4. The number of carbonyl (C=O) groups is 3. The molecule has 7 heteroatoms. The molecule has 1 unspecified atom stereocenters. The maximum absolute atomic E-state index is 14.3. The molecule has 0 saturated heterocycles. The van der Waals surface area contributed by atoms with Gasteiger partial charge in [0.1, 0.15) is 17.0 Å². The zero-order chi connectivity index (χ0) is 39.5. The van der Waals surface area contributed by atoms with Gasteiger partial charge in [0.05, 0.1) is 19.4 Å². The first-order valence-electron chi connectivity index (χ1n) is 21.9. The molecule has 3 aromatic carbocycles. The zero-order valence-corrected chi connectivity index (χ0v) is 34.3. The number of benzene rings is 3. The molecule has 11 rings (SSSR count). The van der Waals surface area contributed by atoms with Gasteiger partial charge in [-0.25, -0.2) is 4.79 Å². The number of esters is 3. The molecule has 8 aliphatic carbocycles. The lowest BCUT2D eigenvalue weighted by Gasteiger charge is -2.59. The normalized spacial score (nSPS) is 33.5. The predicted molar refractivity (Wildman–Crippen MR) is 218 cm³/mol. The Labute approximate surface area is 338 Å². The van der Waals surface area contributed by atoms with Gasteiger partial charge in [-0.15, -0.1) is 0 Å². The van der Waals surface area contributed by atoms with Crippen molar-refractivity contribution < 1.29 is 33.3 Å². The third-order valence-electron chi connectivity index (χ3n) is 16.0. The van der Waals surface area contributed by atoms with Crippen LogP contribution in [-0.4, -0.2) is 42.8 Å². The number of rotatable bonds is 13. The molecule has 0 heterocycles. The van der Waals surface area contributed by atoms with Crippen molar-refractivity contribution in [2.75, 3.05) is 13.7 Å². The van der Waals surface area contributed by atoms with E-state index in [1.165, 1.54) is 35.1 Å². The van der Waals surface area contributed by atoms with Gasteiger partial charge >= 0.3 is 17.9 Å². The summed E-state index contributed by atoms with van der Waals surface area (Å²) >= 11 is 0. The van der Waals surface area contributed by atoms with Gasteiger partial charge < -0.3 is 18.9 Å². The summed E-state index contributed by atoms with van der Waals surface area (Å²) in [6.07, 6.45) is 12.8. The Balaban J connectivity index is 0.946. The third-order valence-corrected chi connectivity index (χ3v) is 16.0. The van der Waals surface area contributed by atoms with Gasteiger partial charge in [0.2, 0.25) is 0 Å². The molecule has 1 atom stereocenters. The lowest BCUT2D eigenvalue weighted by molar-refractivity contribution is -0.207. The van der Waals surface area contributed by atoms with Crippen LogP contribution in [0.15, 0.2) is 66.7 Å². The van der Waals surface area contributed by atoms with Crippen LogP contribution in [0, 0.1) is 54.3 Å². The number of aryl methyl sites for hydroxylation is 3. The standard InChI is InChI=1S/C50H60O7/c1-30-9-5-7-11-41(30)42-12-8-6-10-36(42)15-13-31-14-16-45(54-4)43(27-31)44(28-46(51)56-49(2)37-19-32-17-33(21-37)22-38(49)20-32)48(53)55-29-47(52)57-50(3)39-23-34-18-35(25-39)26-40(50)24-34/h5-12,14,16,27,32-35,37-40,44H,13,15,17-26,28-29H2,1-4H3. The van der Waals surface area contributed by atoms with Crippen molar-refractivity contribution in [2.24, 2.45) is 47.3 Å². The van der Waals surface area contributed by atoms with E-state index in [9.17, 15) is 14.4 Å². The third kappa shape index (κ3) is 7.31. The number of methoxy groups -OCH3 is 1. The topological polar surface area (TPSA) is 88.1 Å². The molecule has 0 radical (unpaired) electrons. The van der Waals surface area contributed by atoms with E-state index < -0.39 is 41.6 Å². The molecule has 7 nitrogen and oxygen atoms in total. The SMILES string of the molecule is COc1ccc(CCc2ccccc2-c2ccccc2C)cc1C(CC(=O)OC1(C)C2CC3CC(C2)CC1C3)C(=O)OCC(=O)OC1(C)C2CC3CC(C2)CC1C3. The van der Waals surface area contributed by atoms with Crippen LogP contribution in [0.4, 0.5) is 0 Å². The minimum atomic E-state index is -1.02. The van der Waals surface area contributed by atoms with Crippen LogP contribution in [-0.2, 0) is 41.4 Å². The smallest absolute Gasteiger partial charge is 0.344 e. The molecule has 302 valence electrons. The van der Waals surface area contributed by atoms with Crippen LogP contribution in [0.25, 0.3) is 11.1 Å². The molecule has 0 aromatic heterocycles. The molecular weight excluding hydrogens is 713 g/mol. The largest absolute Gasteiger partial charge is 0.496 e. The molecule has 8 aliphatic rings. The highest BCUT2D eigenvalue weighted by atomic mass is 16.6. The molecule has 3 aromatic rings. The predicted octanol–water partition coefficient (Wildman–Crippen LogP) is 9.99. The van der Waals surface area contributed by atoms with Crippen LogP contribution in [0.2, 0.25) is 0 Å². The van der Waals surface area contributed by atoms with Gasteiger partial charge in [0.15, 0.2) is 6.61 Å². The summed E-state index contributed by atoms with van der Waals surface area (Å²) < 4.78 is 24.5. The average Bonchev–Trinajstić information content (AvgIpc) is 3.19. The summed E-state index contributed by atoms with van der Waals surface area (Å²) in [5, 5.41) is 0. The van der Waals surface area contributed by atoms with Gasteiger partial charge in [-0.3, -0.25) is 9.59 Å². The summed E-state index contributed by atoms with van der Waals surface area (Å²) in [5.74, 6) is 2.29. The Morgan fingerprint density at radius 1 is 0.649 bits per heavy atom. The molecule has 0 spiro atoms. The second-order valence-electron chi connectivity index (χ2n) is 19.3. The Morgan fingerprint density at radius 2 is 1.18 bits per heavy atom. The molecule has 8 bridgehead atoms. The van der Waals surface area contributed by atoms with E-state index >= 15 is 0 Å². The highest BCUT2D eigenvalue weighted by molar-refractivity contribution is 5.87. The van der Waals surface area contributed by atoms with E-state index in [1.54, 1.807) is 7.11 Å². The fourth-order valence-corrected chi connectivity index (χ4v) is 13.2. The average molecular weight is 773 g/mol. The van der Waals surface area contributed by atoms with Crippen molar-refractivity contribution in [3.63, 3.8) is 0 Å². The van der Waals surface area contributed by atoms with E-state index in [2.05, 4.69) is 69.3 Å². The highest BCUT2D eigenvalue weighted by Gasteiger charge is 2.58. The van der Waals surface area contributed by atoms with Crippen molar-refractivity contribution >= 4 is 17.9 Å². The van der Waals surface area contributed by atoms with Crippen LogP contribution in [0.3, 0.4) is 0 Å². The molecular formula is C50H60O7. The minimum Gasteiger partial charge on any atom is -0.496 e. The molecule has 57 heavy (non-hydrogen) atoms. The summed E-state index contributed by atoms with van der Waals surface area (Å²) in [4.78, 5) is 42.0. The Morgan fingerprint density at radius 3 is 1.74 bits per heavy atom. The van der Waals surface area contributed by atoms with Crippen molar-refractivity contribution in [3.8, 4) is 16.9 Å². The van der Waals surface area contributed by atoms with Crippen LogP contribution in [0.1, 0.15) is 113 Å². The van der Waals surface area contributed by atoms with Crippen molar-refractivity contribution in [1.29, 1.82) is 0 Å². The summed E-state index contributed by atoms with van der Waals surface area (Å²) in [6.45, 7) is 5.87. The van der Waals surface area contributed by atoms with Crippen LogP contribution < -0.4 is 4.74 Å². The van der Waals surface area contributed by atoms with Gasteiger partial charge in [-0.2, -0.15) is 0 Å². The van der Waals surface area contributed by atoms with E-state index in [4.69, 9.17) is 18.9 Å².